The number of pyridine rings is 1. The largest absolute Gasteiger partial charge is 0.390 e. The number of nitrogens with one attached hydrogen (secondary N) is 1. The van der Waals surface area contributed by atoms with Crippen LogP contribution >= 0.6 is 0 Å². The molecule has 0 bridgehead atoms. The Bertz CT molecular complexity index is 1400. The van der Waals surface area contributed by atoms with E-state index in [9.17, 15) is 10.2 Å². The van der Waals surface area contributed by atoms with Crippen molar-refractivity contribution in [2.45, 2.75) is 63.8 Å². The number of rotatable bonds is 5. The standard InChI is InChI=1S/C27H32N6O2/c1-14(2)20-11-18-10-16-5-3-15(9-21(16)32-26(18)31-20)4-6-17-12-22(24(35)23(17)34)33-8-7-19-25(28)29-13-30-27(19)33/h3,5,7-10,13-14,17,20,22-24,34-35H,4,6,11-12H2,1-2H3,(H,31,32)(H2,28,29,30)/t17-,20-,22+,23+,24-/m0/s1. The summed E-state index contributed by atoms with van der Waals surface area (Å²) in [5.74, 6) is 1.98. The van der Waals surface area contributed by atoms with E-state index in [1.165, 1.54) is 17.5 Å². The second kappa shape index (κ2) is 8.46. The summed E-state index contributed by atoms with van der Waals surface area (Å²) in [5.41, 5.74) is 10.2. The van der Waals surface area contributed by atoms with Crippen LogP contribution in [0.15, 0.2) is 42.9 Å². The Hall–Kier alpha value is -3.23. The molecule has 2 aliphatic rings. The van der Waals surface area contributed by atoms with Gasteiger partial charge in [0.05, 0.1) is 23.0 Å². The molecule has 0 amide bonds. The molecule has 1 aliphatic heterocycles. The maximum atomic E-state index is 10.9. The highest BCUT2D eigenvalue weighted by molar-refractivity contribution is 5.86. The maximum absolute atomic E-state index is 10.9. The zero-order chi connectivity index (χ0) is 24.3. The topological polar surface area (TPSA) is 122 Å². The van der Waals surface area contributed by atoms with Gasteiger partial charge in [-0.2, -0.15) is 0 Å². The molecule has 3 aromatic heterocycles. The van der Waals surface area contributed by atoms with Gasteiger partial charge in [-0.15, -0.1) is 0 Å². The lowest BCUT2D eigenvalue weighted by Crippen LogP contribution is -2.29. The number of aromatic nitrogens is 4. The van der Waals surface area contributed by atoms with Gasteiger partial charge in [-0.05, 0) is 66.8 Å². The molecule has 0 unspecified atom stereocenters. The van der Waals surface area contributed by atoms with E-state index in [-0.39, 0.29) is 12.0 Å². The smallest absolute Gasteiger partial charge is 0.145 e. The Morgan fingerprint density at radius 1 is 1.14 bits per heavy atom. The van der Waals surface area contributed by atoms with Gasteiger partial charge in [0.1, 0.15) is 29.7 Å². The van der Waals surface area contributed by atoms with Crippen LogP contribution in [0.4, 0.5) is 11.6 Å². The summed E-state index contributed by atoms with van der Waals surface area (Å²) in [7, 11) is 0. The molecule has 0 spiro atoms. The van der Waals surface area contributed by atoms with Gasteiger partial charge in [-0.1, -0.05) is 26.0 Å². The van der Waals surface area contributed by atoms with Gasteiger partial charge in [0.15, 0.2) is 0 Å². The first kappa shape index (κ1) is 22.2. The minimum atomic E-state index is -0.854. The zero-order valence-corrected chi connectivity index (χ0v) is 20.1. The minimum Gasteiger partial charge on any atom is -0.390 e. The highest BCUT2D eigenvalue weighted by Crippen LogP contribution is 2.40. The number of nitrogens with zero attached hydrogens (tertiary/aromatic N) is 4. The summed E-state index contributed by atoms with van der Waals surface area (Å²) in [6.07, 6.45) is 4.98. The molecule has 4 heterocycles. The molecule has 6 rings (SSSR count). The molecule has 1 aromatic carbocycles. The molecule has 5 atom stereocenters. The van der Waals surface area contributed by atoms with E-state index in [1.807, 2.05) is 16.8 Å². The van der Waals surface area contributed by atoms with E-state index in [0.29, 0.717) is 29.8 Å². The number of fused-ring (bicyclic) bond motifs is 3. The molecule has 8 nitrogen and oxygen atoms in total. The number of benzene rings is 1. The molecular formula is C27H32N6O2. The molecule has 4 aromatic rings. The Labute approximate surface area is 204 Å². The van der Waals surface area contributed by atoms with Crippen molar-refractivity contribution in [1.82, 2.24) is 19.5 Å². The van der Waals surface area contributed by atoms with Crippen LogP contribution in [0.25, 0.3) is 21.9 Å². The van der Waals surface area contributed by atoms with E-state index < -0.39 is 12.2 Å². The molecule has 0 saturated heterocycles. The molecular weight excluding hydrogens is 440 g/mol. The van der Waals surface area contributed by atoms with Crippen molar-refractivity contribution in [3.05, 3.63) is 54.0 Å². The van der Waals surface area contributed by atoms with Crippen LogP contribution in [0.5, 0.6) is 0 Å². The van der Waals surface area contributed by atoms with Gasteiger partial charge < -0.3 is 25.8 Å². The monoisotopic (exact) mass is 472 g/mol. The average molecular weight is 473 g/mol. The normalized spacial score (nSPS) is 26.0. The Balaban J connectivity index is 1.18. The first-order valence-electron chi connectivity index (χ1n) is 12.5. The van der Waals surface area contributed by atoms with Gasteiger partial charge in [-0.25, -0.2) is 15.0 Å². The van der Waals surface area contributed by atoms with E-state index in [4.69, 9.17) is 10.7 Å². The van der Waals surface area contributed by atoms with Crippen molar-refractivity contribution >= 4 is 33.6 Å². The lowest BCUT2D eigenvalue weighted by Gasteiger charge is -2.19. The van der Waals surface area contributed by atoms with E-state index in [2.05, 4.69) is 53.4 Å². The third kappa shape index (κ3) is 3.81. The van der Waals surface area contributed by atoms with Crippen molar-refractivity contribution in [1.29, 1.82) is 0 Å². The van der Waals surface area contributed by atoms with Gasteiger partial charge in [-0.3, -0.25) is 0 Å². The van der Waals surface area contributed by atoms with Crippen LogP contribution in [0.2, 0.25) is 0 Å². The number of hydrogen-bond acceptors (Lipinski definition) is 7. The summed E-state index contributed by atoms with van der Waals surface area (Å²) in [5, 5.41) is 27.2. The molecule has 8 heteroatoms. The molecule has 0 radical (unpaired) electrons. The third-order valence-electron chi connectivity index (χ3n) is 8.00. The van der Waals surface area contributed by atoms with Crippen molar-refractivity contribution in [3.63, 3.8) is 0 Å². The van der Waals surface area contributed by atoms with Gasteiger partial charge in [0.25, 0.3) is 0 Å². The number of aliphatic hydroxyl groups is 2. The summed E-state index contributed by atoms with van der Waals surface area (Å²) < 4.78 is 1.93. The number of aliphatic hydroxyl groups excluding tert-OH is 2. The molecule has 1 aliphatic carbocycles. The molecule has 1 saturated carbocycles. The van der Waals surface area contributed by atoms with Gasteiger partial charge in [0, 0.05) is 17.6 Å². The highest BCUT2D eigenvalue weighted by Gasteiger charge is 2.42. The third-order valence-corrected chi connectivity index (χ3v) is 8.00. The minimum absolute atomic E-state index is 0.0104. The summed E-state index contributed by atoms with van der Waals surface area (Å²) >= 11 is 0. The Morgan fingerprint density at radius 3 is 2.83 bits per heavy atom. The molecule has 1 fully saturated rings. The maximum Gasteiger partial charge on any atom is 0.145 e. The number of hydrogen-bond donors (Lipinski definition) is 4. The zero-order valence-electron chi connectivity index (χ0n) is 20.1. The fraction of sp³-hybridized carbons (Fsp3) is 0.444. The van der Waals surface area contributed by atoms with Gasteiger partial charge >= 0.3 is 0 Å². The lowest BCUT2D eigenvalue weighted by atomic mass is 9.95. The van der Waals surface area contributed by atoms with Crippen LogP contribution in [0.3, 0.4) is 0 Å². The first-order valence-corrected chi connectivity index (χ1v) is 12.5. The number of nitrogen functional groups attached to an aromatic ring is 1. The lowest BCUT2D eigenvalue weighted by molar-refractivity contribution is 0.00545. The Morgan fingerprint density at radius 2 is 2.00 bits per heavy atom. The van der Waals surface area contributed by atoms with Crippen LogP contribution in [-0.2, 0) is 12.8 Å². The highest BCUT2D eigenvalue weighted by atomic mass is 16.3. The van der Waals surface area contributed by atoms with Crippen LogP contribution in [0.1, 0.15) is 43.9 Å². The van der Waals surface area contributed by atoms with Crippen molar-refractivity contribution in [2.24, 2.45) is 11.8 Å². The van der Waals surface area contributed by atoms with Crippen LogP contribution in [0, 0.1) is 11.8 Å². The molecule has 35 heavy (non-hydrogen) atoms. The van der Waals surface area contributed by atoms with Crippen LogP contribution < -0.4 is 11.1 Å². The fourth-order valence-corrected chi connectivity index (χ4v) is 5.83. The number of aryl methyl sites for hydroxylation is 1. The second-order valence-corrected chi connectivity index (χ2v) is 10.5. The summed E-state index contributed by atoms with van der Waals surface area (Å²) in [6.45, 7) is 4.48. The molecule has 5 N–H and O–H groups in total. The van der Waals surface area contributed by atoms with E-state index >= 15 is 0 Å². The number of nitrogens with two attached hydrogens (primary N) is 1. The molecule has 182 valence electrons. The predicted octanol–water partition coefficient (Wildman–Crippen LogP) is 3.47. The Kier molecular flexibility index (Phi) is 5.38. The fourth-order valence-electron chi connectivity index (χ4n) is 5.83. The quantitative estimate of drug-likeness (QED) is 0.351. The number of anilines is 2. The predicted molar refractivity (Wildman–Crippen MR) is 137 cm³/mol. The summed E-state index contributed by atoms with van der Waals surface area (Å²) in [4.78, 5) is 13.3. The SMILES string of the molecule is CC(C)[C@@H]1Cc2cc3ccc(CC[C@H]4C[C@@H](n5ccc6c(N)ncnc65)[C@H](O)[C@@H]4O)cc3nc2N1. The van der Waals surface area contributed by atoms with Crippen molar-refractivity contribution in [3.8, 4) is 0 Å². The van der Waals surface area contributed by atoms with Crippen molar-refractivity contribution < 1.29 is 10.2 Å². The van der Waals surface area contributed by atoms with E-state index in [0.717, 1.165) is 41.4 Å². The van der Waals surface area contributed by atoms with Gasteiger partial charge in [0.2, 0.25) is 0 Å². The first-order chi connectivity index (χ1) is 16.9. The summed E-state index contributed by atoms with van der Waals surface area (Å²) in [6, 6.07) is 10.8. The van der Waals surface area contributed by atoms with Crippen molar-refractivity contribution in [2.75, 3.05) is 11.1 Å². The van der Waals surface area contributed by atoms with Crippen LogP contribution in [-0.4, -0.2) is 48.0 Å². The second-order valence-electron chi connectivity index (χ2n) is 10.5. The average Bonchev–Trinajstić information content (AvgIpc) is 3.53. The van der Waals surface area contributed by atoms with E-state index in [1.54, 1.807) is 0 Å².